The van der Waals surface area contributed by atoms with Crippen LogP contribution in [0.4, 0.5) is 0 Å². The molecule has 0 saturated carbocycles. The summed E-state index contributed by atoms with van der Waals surface area (Å²) in [6.07, 6.45) is 1.34. The number of nitro groups is 1. The van der Waals surface area contributed by atoms with Gasteiger partial charge in [0, 0.05) is 6.20 Å². The van der Waals surface area contributed by atoms with Crippen LogP contribution in [0.5, 0.6) is 0 Å². The van der Waals surface area contributed by atoms with Crippen molar-refractivity contribution in [1.82, 2.24) is 4.73 Å². The Kier molecular flexibility index (Phi) is 2.09. The van der Waals surface area contributed by atoms with Gasteiger partial charge in [-0.25, -0.2) is 10.1 Å². The summed E-state index contributed by atoms with van der Waals surface area (Å²) in [5.74, 6) is 0. The van der Waals surface area contributed by atoms with Gasteiger partial charge in [0.1, 0.15) is 0 Å². The molecule has 0 amide bonds. The minimum Gasteiger partial charge on any atom is -0.427 e. The van der Waals surface area contributed by atoms with Crippen molar-refractivity contribution in [3.63, 3.8) is 0 Å². The fraction of sp³-hybridized carbons (Fsp3) is 0.167. The van der Waals surface area contributed by atoms with Crippen LogP contribution in [0.1, 0.15) is 5.56 Å². The van der Waals surface area contributed by atoms with E-state index in [-0.39, 0.29) is 5.49 Å². The molecule has 0 atom stereocenters. The van der Waals surface area contributed by atoms with E-state index >= 15 is 0 Å². The van der Waals surface area contributed by atoms with E-state index in [1.807, 2.05) is 0 Å². The van der Waals surface area contributed by atoms with E-state index in [9.17, 15) is 10.1 Å². The molecule has 1 aromatic heterocycles. The number of aryl methyl sites for hydroxylation is 1. The first-order chi connectivity index (χ1) is 5.59. The summed E-state index contributed by atoms with van der Waals surface area (Å²) in [4.78, 5) is 9.92. The molecule has 0 spiro atoms. The van der Waals surface area contributed by atoms with Gasteiger partial charge in [0.15, 0.2) is 5.03 Å². The van der Waals surface area contributed by atoms with Crippen LogP contribution in [0.3, 0.4) is 0 Å². The van der Waals surface area contributed by atoms with Gasteiger partial charge in [0.05, 0.1) is 5.10 Å². The standard InChI is InChI=1S/C6H7N3O3/c1-5-2-3-6(7-9(11)12)8(10)4-5/h2-4,10H,1H3/b7-6+. The van der Waals surface area contributed by atoms with E-state index in [0.717, 1.165) is 5.56 Å². The highest BCUT2D eigenvalue weighted by atomic mass is 16.7. The van der Waals surface area contributed by atoms with E-state index in [1.165, 1.54) is 12.3 Å². The summed E-state index contributed by atoms with van der Waals surface area (Å²) in [7, 11) is 0. The highest BCUT2D eigenvalue weighted by molar-refractivity contribution is 5.05. The molecule has 0 fully saturated rings. The average molecular weight is 169 g/mol. The van der Waals surface area contributed by atoms with E-state index in [0.29, 0.717) is 4.73 Å². The van der Waals surface area contributed by atoms with Gasteiger partial charge in [-0.3, -0.25) is 0 Å². The maximum atomic E-state index is 9.92. The zero-order valence-electron chi connectivity index (χ0n) is 6.34. The first-order valence-electron chi connectivity index (χ1n) is 3.17. The SMILES string of the molecule is Cc1cc/c(=N\[N+](=O)[O-])n(O)c1. The van der Waals surface area contributed by atoms with E-state index in [4.69, 9.17) is 5.21 Å². The number of aromatic nitrogens is 1. The number of hydrogen-bond donors (Lipinski definition) is 1. The van der Waals surface area contributed by atoms with Crippen molar-refractivity contribution in [1.29, 1.82) is 0 Å². The van der Waals surface area contributed by atoms with Crippen LogP contribution in [0.25, 0.3) is 0 Å². The Morgan fingerprint density at radius 3 is 2.83 bits per heavy atom. The molecule has 1 aromatic rings. The molecule has 6 nitrogen and oxygen atoms in total. The highest BCUT2D eigenvalue weighted by Crippen LogP contribution is 1.88. The summed E-state index contributed by atoms with van der Waals surface area (Å²) in [5.41, 5.74) is 0.686. The molecule has 0 aliphatic carbocycles. The molecule has 0 aliphatic heterocycles. The van der Waals surface area contributed by atoms with Crippen molar-refractivity contribution in [3.05, 3.63) is 39.5 Å². The maximum absolute atomic E-state index is 9.92. The largest absolute Gasteiger partial charge is 0.427 e. The van der Waals surface area contributed by atoms with Gasteiger partial charge in [-0.05, 0) is 18.6 Å². The molecule has 12 heavy (non-hydrogen) atoms. The van der Waals surface area contributed by atoms with Gasteiger partial charge in [-0.15, -0.1) is 0 Å². The minimum absolute atomic E-state index is 0.106. The van der Waals surface area contributed by atoms with Crippen molar-refractivity contribution >= 4 is 0 Å². The topological polar surface area (TPSA) is 80.7 Å². The van der Waals surface area contributed by atoms with Crippen molar-refractivity contribution in [2.75, 3.05) is 0 Å². The molecule has 1 N–H and O–H groups in total. The monoisotopic (exact) mass is 169 g/mol. The van der Waals surface area contributed by atoms with Gasteiger partial charge >= 0.3 is 0 Å². The first kappa shape index (κ1) is 8.25. The first-order valence-corrected chi connectivity index (χ1v) is 3.17. The lowest BCUT2D eigenvalue weighted by atomic mass is 10.3. The Hall–Kier alpha value is -1.85. The molecular weight excluding hydrogens is 162 g/mol. The van der Waals surface area contributed by atoms with Crippen molar-refractivity contribution in [2.24, 2.45) is 5.10 Å². The van der Waals surface area contributed by atoms with Gasteiger partial charge in [0.2, 0.25) is 5.49 Å². The van der Waals surface area contributed by atoms with Gasteiger partial charge in [-0.2, -0.15) is 4.73 Å². The smallest absolute Gasteiger partial charge is 0.240 e. The third kappa shape index (κ3) is 1.82. The molecule has 0 aromatic carbocycles. The predicted octanol–water partition coefficient (Wildman–Crippen LogP) is 0.126. The van der Waals surface area contributed by atoms with Crippen LogP contribution in [-0.2, 0) is 0 Å². The second-order valence-corrected chi connectivity index (χ2v) is 2.25. The molecule has 1 heterocycles. The number of nitrogens with zero attached hydrogens (tertiary/aromatic N) is 3. The fourth-order valence-corrected chi connectivity index (χ4v) is 0.747. The molecule has 0 unspecified atom stereocenters. The van der Waals surface area contributed by atoms with Gasteiger partial charge in [-0.1, -0.05) is 6.07 Å². The summed E-state index contributed by atoms with van der Waals surface area (Å²) >= 11 is 0. The lowest BCUT2D eigenvalue weighted by molar-refractivity contribution is -0.491. The Labute approximate surface area is 67.5 Å². The van der Waals surface area contributed by atoms with Crippen molar-refractivity contribution in [3.8, 4) is 0 Å². The predicted molar refractivity (Wildman–Crippen MR) is 38.9 cm³/mol. The Bertz CT molecular complexity index is 369. The molecule has 1 rings (SSSR count). The quantitative estimate of drug-likeness (QED) is 0.368. The molecule has 6 heteroatoms. The normalized spacial score (nSPS) is 11.6. The summed E-state index contributed by atoms with van der Waals surface area (Å²) in [5, 5.41) is 21.1. The van der Waals surface area contributed by atoms with Crippen molar-refractivity contribution in [2.45, 2.75) is 6.92 Å². The summed E-state index contributed by atoms with van der Waals surface area (Å²) < 4.78 is 0.609. The fourth-order valence-electron chi connectivity index (χ4n) is 0.747. The number of rotatable bonds is 1. The second kappa shape index (κ2) is 3.04. The average Bonchev–Trinajstić information content (AvgIpc) is 1.94. The Morgan fingerprint density at radius 2 is 2.33 bits per heavy atom. The summed E-state index contributed by atoms with van der Waals surface area (Å²) in [6, 6.07) is 2.98. The van der Waals surface area contributed by atoms with Crippen LogP contribution in [0.2, 0.25) is 0 Å². The Balaban J connectivity index is 3.27. The summed E-state index contributed by atoms with van der Waals surface area (Å²) in [6.45, 7) is 1.75. The van der Waals surface area contributed by atoms with Gasteiger partial charge < -0.3 is 5.21 Å². The molecular formula is C6H7N3O3. The maximum Gasteiger partial charge on any atom is 0.240 e. The Morgan fingerprint density at radius 1 is 1.67 bits per heavy atom. The molecule has 0 bridgehead atoms. The molecule has 64 valence electrons. The van der Waals surface area contributed by atoms with Crippen LogP contribution < -0.4 is 5.49 Å². The zero-order valence-corrected chi connectivity index (χ0v) is 6.34. The van der Waals surface area contributed by atoms with Crippen molar-refractivity contribution < 1.29 is 10.2 Å². The zero-order chi connectivity index (χ0) is 9.14. The third-order valence-electron chi connectivity index (χ3n) is 1.24. The van der Waals surface area contributed by atoms with Gasteiger partial charge in [0.25, 0.3) is 0 Å². The van der Waals surface area contributed by atoms with E-state index < -0.39 is 5.03 Å². The van der Waals surface area contributed by atoms with E-state index in [2.05, 4.69) is 5.10 Å². The van der Waals surface area contributed by atoms with Crippen LogP contribution >= 0.6 is 0 Å². The lowest BCUT2D eigenvalue weighted by Crippen LogP contribution is -2.19. The van der Waals surface area contributed by atoms with Crippen LogP contribution in [0.15, 0.2) is 23.4 Å². The minimum atomic E-state index is -0.864. The van der Waals surface area contributed by atoms with E-state index in [1.54, 1.807) is 13.0 Å². The van der Waals surface area contributed by atoms with Crippen LogP contribution in [-0.4, -0.2) is 15.0 Å². The second-order valence-electron chi connectivity index (χ2n) is 2.25. The molecule has 0 radical (unpaired) electrons. The molecule has 0 aliphatic rings. The third-order valence-corrected chi connectivity index (χ3v) is 1.24. The van der Waals surface area contributed by atoms with Crippen LogP contribution in [0, 0.1) is 17.0 Å². The number of hydrogen-bond acceptors (Lipinski definition) is 3. The highest BCUT2D eigenvalue weighted by Gasteiger charge is 1.95. The molecule has 0 saturated heterocycles. The lowest BCUT2D eigenvalue weighted by Gasteiger charge is -1.95. The number of pyridine rings is 1.